The van der Waals surface area contributed by atoms with Crippen LogP contribution in [0.15, 0.2) is 24.3 Å². The van der Waals surface area contributed by atoms with Gasteiger partial charge in [-0.15, -0.1) is 11.6 Å². The Kier molecular flexibility index (Phi) is 4.40. The molecule has 0 spiro atoms. The smallest absolute Gasteiger partial charge is 0.126 e. The van der Waals surface area contributed by atoms with E-state index in [0.717, 1.165) is 12.0 Å². The van der Waals surface area contributed by atoms with Crippen molar-refractivity contribution in [3.8, 4) is 0 Å². The van der Waals surface area contributed by atoms with E-state index in [1.54, 1.807) is 6.07 Å². The Balaban J connectivity index is 2.72. The van der Waals surface area contributed by atoms with Crippen molar-refractivity contribution in [2.24, 2.45) is 11.8 Å². The van der Waals surface area contributed by atoms with Crippen LogP contribution >= 0.6 is 11.6 Å². The van der Waals surface area contributed by atoms with Crippen molar-refractivity contribution < 1.29 is 4.39 Å². The summed E-state index contributed by atoms with van der Waals surface area (Å²) in [4.78, 5) is 0. The number of hydrogen-bond donors (Lipinski definition) is 0. The first-order chi connectivity index (χ1) is 6.65. The number of benzene rings is 1. The lowest BCUT2D eigenvalue weighted by molar-refractivity contribution is 0.415. The summed E-state index contributed by atoms with van der Waals surface area (Å²) >= 11 is 5.84. The third-order valence-corrected chi connectivity index (χ3v) is 2.98. The van der Waals surface area contributed by atoms with Crippen molar-refractivity contribution in [1.82, 2.24) is 0 Å². The summed E-state index contributed by atoms with van der Waals surface area (Å²) in [5.41, 5.74) is 0.770. The van der Waals surface area contributed by atoms with E-state index < -0.39 is 0 Å². The van der Waals surface area contributed by atoms with Crippen LogP contribution in [-0.4, -0.2) is 5.88 Å². The van der Waals surface area contributed by atoms with Crippen LogP contribution in [0.1, 0.15) is 19.4 Å². The van der Waals surface area contributed by atoms with Crippen molar-refractivity contribution in [3.05, 3.63) is 35.6 Å². The Morgan fingerprint density at radius 1 is 1.29 bits per heavy atom. The number of hydrogen-bond acceptors (Lipinski definition) is 0. The molecule has 0 N–H and O–H groups in total. The third-order valence-electron chi connectivity index (χ3n) is 2.58. The lowest BCUT2D eigenvalue weighted by Crippen LogP contribution is -2.14. The summed E-state index contributed by atoms with van der Waals surface area (Å²) in [6.07, 6.45) is 0.730. The highest BCUT2D eigenvalue weighted by molar-refractivity contribution is 6.18. The fourth-order valence-electron chi connectivity index (χ4n) is 1.41. The average Bonchev–Trinajstić information content (AvgIpc) is 2.16. The standard InChI is InChI=1S/C12H16ClF/c1-9(2)11(8-13)7-10-5-3-4-6-12(10)14/h3-6,9,11H,7-8H2,1-2H3. The molecule has 1 aromatic carbocycles. The van der Waals surface area contributed by atoms with Crippen LogP contribution in [0.4, 0.5) is 4.39 Å². The SMILES string of the molecule is CC(C)C(CCl)Cc1ccccc1F. The number of rotatable bonds is 4. The van der Waals surface area contributed by atoms with Crippen LogP contribution in [0, 0.1) is 17.7 Å². The minimum absolute atomic E-state index is 0.122. The van der Waals surface area contributed by atoms with Gasteiger partial charge in [-0.1, -0.05) is 32.0 Å². The average molecular weight is 215 g/mol. The highest BCUT2D eigenvalue weighted by Crippen LogP contribution is 2.20. The van der Waals surface area contributed by atoms with E-state index in [2.05, 4.69) is 13.8 Å². The number of alkyl halides is 1. The molecule has 0 radical (unpaired) electrons. The maximum absolute atomic E-state index is 13.3. The van der Waals surface area contributed by atoms with E-state index in [1.807, 2.05) is 12.1 Å². The lowest BCUT2D eigenvalue weighted by Gasteiger charge is -2.18. The van der Waals surface area contributed by atoms with E-state index in [-0.39, 0.29) is 5.82 Å². The number of halogens is 2. The maximum atomic E-state index is 13.3. The van der Waals surface area contributed by atoms with Crippen molar-refractivity contribution in [2.75, 3.05) is 5.88 Å². The molecule has 1 aromatic rings. The highest BCUT2D eigenvalue weighted by Gasteiger charge is 2.14. The van der Waals surface area contributed by atoms with E-state index in [0.29, 0.717) is 17.7 Å². The first-order valence-corrected chi connectivity index (χ1v) is 5.48. The Labute approximate surface area is 90.1 Å². The molecule has 2 heteroatoms. The molecule has 0 aliphatic rings. The first-order valence-electron chi connectivity index (χ1n) is 4.94. The minimum atomic E-state index is -0.122. The van der Waals surface area contributed by atoms with Crippen molar-refractivity contribution >= 4 is 11.6 Å². The van der Waals surface area contributed by atoms with Crippen molar-refractivity contribution in [1.29, 1.82) is 0 Å². The Morgan fingerprint density at radius 2 is 1.93 bits per heavy atom. The molecule has 0 heterocycles. The van der Waals surface area contributed by atoms with Crippen LogP contribution in [0.5, 0.6) is 0 Å². The quantitative estimate of drug-likeness (QED) is 0.668. The molecule has 0 saturated heterocycles. The molecular weight excluding hydrogens is 199 g/mol. The van der Waals surface area contributed by atoms with E-state index in [4.69, 9.17) is 11.6 Å². The molecule has 0 aromatic heterocycles. The summed E-state index contributed by atoms with van der Waals surface area (Å²) in [6, 6.07) is 6.91. The Hall–Kier alpha value is -0.560. The van der Waals surface area contributed by atoms with Gasteiger partial charge >= 0.3 is 0 Å². The molecule has 78 valence electrons. The largest absolute Gasteiger partial charge is 0.207 e. The monoisotopic (exact) mass is 214 g/mol. The second-order valence-corrected chi connectivity index (χ2v) is 4.26. The predicted molar refractivity (Wildman–Crippen MR) is 59.2 cm³/mol. The van der Waals surface area contributed by atoms with Gasteiger partial charge in [-0.3, -0.25) is 0 Å². The van der Waals surface area contributed by atoms with Crippen LogP contribution < -0.4 is 0 Å². The van der Waals surface area contributed by atoms with E-state index >= 15 is 0 Å². The van der Waals surface area contributed by atoms with Gasteiger partial charge in [0.15, 0.2) is 0 Å². The summed E-state index contributed by atoms with van der Waals surface area (Å²) in [6.45, 7) is 4.24. The molecule has 0 bridgehead atoms. The second kappa shape index (κ2) is 5.35. The normalized spacial score (nSPS) is 13.2. The summed E-state index contributed by atoms with van der Waals surface area (Å²) in [7, 11) is 0. The highest BCUT2D eigenvalue weighted by atomic mass is 35.5. The van der Waals surface area contributed by atoms with Crippen LogP contribution in [0.2, 0.25) is 0 Å². The molecule has 1 atom stereocenters. The Bertz CT molecular complexity index is 283. The predicted octanol–water partition coefficient (Wildman–Crippen LogP) is 3.88. The van der Waals surface area contributed by atoms with E-state index in [9.17, 15) is 4.39 Å². The van der Waals surface area contributed by atoms with Gasteiger partial charge in [-0.2, -0.15) is 0 Å². The minimum Gasteiger partial charge on any atom is -0.207 e. The molecule has 14 heavy (non-hydrogen) atoms. The Morgan fingerprint density at radius 3 is 2.43 bits per heavy atom. The summed E-state index contributed by atoms with van der Waals surface area (Å²) in [5.74, 6) is 1.32. The van der Waals surface area contributed by atoms with Gasteiger partial charge in [-0.25, -0.2) is 4.39 Å². The first kappa shape index (κ1) is 11.5. The van der Waals surface area contributed by atoms with Crippen LogP contribution in [-0.2, 0) is 6.42 Å². The van der Waals surface area contributed by atoms with Gasteiger partial charge in [-0.05, 0) is 29.9 Å². The van der Waals surface area contributed by atoms with Gasteiger partial charge in [0.05, 0.1) is 0 Å². The zero-order valence-electron chi connectivity index (χ0n) is 8.63. The zero-order chi connectivity index (χ0) is 10.6. The second-order valence-electron chi connectivity index (χ2n) is 3.95. The molecule has 0 fully saturated rings. The van der Waals surface area contributed by atoms with Gasteiger partial charge < -0.3 is 0 Å². The van der Waals surface area contributed by atoms with Crippen LogP contribution in [0.25, 0.3) is 0 Å². The molecule has 1 rings (SSSR count). The van der Waals surface area contributed by atoms with Gasteiger partial charge in [0.1, 0.15) is 5.82 Å². The molecular formula is C12H16ClF. The molecule has 0 aliphatic carbocycles. The fourth-order valence-corrected chi connectivity index (χ4v) is 1.88. The summed E-state index contributed by atoms with van der Waals surface area (Å²) < 4.78 is 13.3. The van der Waals surface area contributed by atoms with Crippen molar-refractivity contribution in [2.45, 2.75) is 20.3 Å². The molecule has 0 nitrogen and oxygen atoms in total. The van der Waals surface area contributed by atoms with Crippen LogP contribution in [0.3, 0.4) is 0 Å². The maximum Gasteiger partial charge on any atom is 0.126 e. The summed E-state index contributed by atoms with van der Waals surface area (Å²) in [5, 5.41) is 0. The van der Waals surface area contributed by atoms with Gasteiger partial charge in [0, 0.05) is 5.88 Å². The lowest BCUT2D eigenvalue weighted by atomic mass is 9.91. The molecule has 1 unspecified atom stereocenters. The zero-order valence-corrected chi connectivity index (χ0v) is 9.39. The third kappa shape index (κ3) is 2.98. The van der Waals surface area contributed by atoms with Gasteiger partial charge in [0.2, 0.25) is 0 Å². The molecule has 0 aliphatic heterocycles. The molecule has 0 saturated carbocycles. The topological polar surface area (TPSA) is 0 Å². The van der Waals surface area contributed by atoms with Crippen molar-refractivity contribution in [3.63, 3.8) is 0 Å². The molecule has 0 amide bonds. The van der Waals surface area contributed by atoms with E-state index in [1.165, 1.54) is 6.07 Å². The fraction of sp³-hybridized carbons (Fsp3) is 0.500. The van der Waals surface area contributed by atoms with Gasteiger partial charge in [0.25, 0.3) is 0 Å².